The molecule has 1 atom stereocenters. The van der Waals surface area contributed by atoms with E-state index in [0.29, 0.717) is 36.7 Å². The molecule has 2 N–H and O–H groups in total. The number of nitrogens with zero attached hydrogens (tertiary/aromatic N) is 2. The quantitative estimate of drug-likeness (QED) is 0.891. The number of pyridine rings is 1. The van der Waals surface area contributed by atoms with E-state index in [2.05, 4.69) is 10.3 Å². The minimum absolute atomic E-state index is 0.227. The third kappa shape index (κ3) is 4.47. The van der Waals surface area contributed by atoms with E-state index < -0.39 is 11.9 Å². The summed E-state index contributed by atoms with van der Waals surface area (Å²) >= 11 is 0. The number of nitrogens with one attached hydrogen (secondary N) is 1. The molecule has 1 aliphatic rings. The topological polar surface area (TPSA) is 91.8 Å². The van der Waals surface area contributed by atoms with Crippen molar-refractivity contribution in [3.63, 3.8) is 0 Å². The number of hydrogen-bond acceptors (Lipinski definition) is 4. The first-order valence-corrected chi connectivity index (χ1v) is 8.09. The lowest BCUT2D eigenvalue weighted by atomic mass is 9.99. The summed E-state index contributed by atoms with van der Waals surface area (Å²) < 4.78 is 5.64. The normalized spacial score (nSPS) is 17.0. The van der Waals surface area contributed by atoms with Crippen molar-refractivity contribution in [1.29, 1.82) is 0 Å². The summed E-state index contributed by atoms with van der Waals surface area (Å²) in [4.78, 5) is 29.1. The summed E-state index contributed by atoms with van der Waals surface area (Å²) in [5.41, 5.74) is 0.580. The Kier molecular flexibility index (Phi) is 5.13. The van der Waals surface area contributed by atoms with Crippen LogP contribution >= 0.6 is 0 Å². The number of carboxylic acid groups (broad SMARTS) is 1. The minimum Gasteiger partial charge on any atom is -0.481 e. The van der Waals surface area contributed by atoms with Gasteiger partial charge in [-0.15, -0.1) is 0 Å². The van der Waals surface area contributed by atoms with Crippen molar-refractivity contribution in [2.75, 3.05) is 18.4 Å². The van der Waals surface area contributed by atoms with Crippen LogP contribution in [0.4, 0.5) is 10.5 Å². The number of aromatic nitrogens is 1. The van der Waals surface area contributed by atoms with Crippen molar-refractivity contribution in [2.45, 2.75) is 12.8 Å². The van der Waals surface area contributed by atoms with E-state index in [1.807, 2.05) is 6.07 Å². The van der Waals surface area contributed by atoms with Gasteiger partial charge in [0.15, 0.2) is 0 Å². The smallest absolute Gasteiger partial charge is 0.321 e. The molecule has 130 valence electrons. The van der Waals surface area contributed by atoms with Gasteiger partial charge in [-0.05, 0) is 31.0 Å². The molecule has 1 aromatic carbocycles. The molecule has 2 heterocycles. The second-order valence-electron chi connectivity index (χ2n) is 5.85. The Labute approximate surface area is 145 Å². The highest BCUT2D eigenvalue weighted by molar-refractivity contribution is 5.90. The molecule has 0 radical (unpaired) electrons. The van der Waals surface area contributed by atoms with Gasteiger partial charge in [0, 0.05) is 37.1 Å². The van der Waals surface area contributed by atoms with E-state index in [1.165, 1.54) is 4.90 Å². The molecule has 1 unspecified atom stereocenters. The van der Waals surface area contributed by atoms with Crippen LogP contribution in [-0.4, -0.2) is 40.1 Å². The van der Waals surface area contributed by atoms with Crippen LogP contribution in [0.25, 0.3) is 0 Å². The standard InChI is InChI=1S/C18H19N3O4/c22-17(23)13-5-4-10-21(12-13)18(24)20-14-6-3-7-15(11-14)25-16-8-1-2-9-19-16/h1-3,6-9,11,13H,4-5,10,12H2,(H,20,24)(H,22,23). The summed E-state index contributed by atoms with van der Waals surface area (Å²) in [5.74, 6) is -0.341. The molecule has 25 heavy (non-hydrogen) atoms. The lowest BCUT2D eigenvalue weighted by Gasteiger charge is -2.30. The van der Waals surface area contributed by atoms with E-state index >= 15 is 0 Å². The first-order chi connectivity index (χ1) is 12.1. The van der Waals surface area contributed by atoms with Gasteiger partial charge in [0.2, 0.25) is 5.88 Å². The monoisotopic (exact) mass is 341 g/mol. The number of carbonyl (C=O) groups is 2. The van der Waals surface area contributed by atoms with Crippen LogP contribution in [-0.2, 0) is 4.79 Å². The SMILES string of the molecule is O=C(O)C1CCCN(C(=O)Nc2cccc(Oc3ccccn3)c2)C1. The van der Waals surface area contributed by atoms with Gasteiger partial charge in [-0.1, -0.05) is 12.1 Å². The molecule has 7 nitrogen and oxygen atoms in total. The maximum absolute atomic E-state index is 12.4. The van der Waals surface area contributed by atoms with Gasteiger partial charge in [-0.2, -0.15) is 0 Å². The predicted molar refractivity (Wildman–Crippen MR) is 91.7 cm³/mol. The predicted octanol–water partition coefficient (Wildman–Crippen LogP) is 3.20. The largest absolute Gasteiger partial charge is 0.481 e. The number of anilines is 1. The van der Waals surface area contributed by atoms with Crippen LogP contribution in [0.3, 0.4) is 0 Å². The average molecular weight is 341 g/mol. The number of benzene rings is 1. The lowest BCUT2D eigenvalue weighted by Crippen LogP contribution is -2.44. The average Bonchev–Trinajstić information content (AvgIpc) is 2.63. The molecule has 1 aromatic heterocycles. The van der Waals surface area contributed by atoms with Crippen LogP contribution in [0, 0.1) is 5.92 Å². The zero-order chi connectivity index (χ0) is 17.6. The Balaban J connectivity index is 1.63. The highest BCUT2D eigenvalue weighted by Gasteiger charge is 2.28. The van der Waals surface area contributed by atoms with Crippen molar-refractivity contribution in [3.05, 3.63) is 48.7 Å². The van der Waals surface area contributed by atoms with Crippen LogP contribution < -0.4 is 10.1 Å². The highest BCUT2D eigenvalue weighted by Crippen LogP contribution is 2.23. The van der Waals surface area contributed by atoms with Crippen LogP contribution in [0.15, 0.2) is 48.7 Å². The lowest BCUT2D eigenvalue weighted by molar-refractivity contribution is -0.143. The molecule has 0 bridgehead atoms. The molecule has 2 amide bonds. The zero-order valence-electron chi connectivity index (χ0n) is 13.6. The molecule has 7 heteroatoms. The summed E-state index contributed by atoms with van der Waals surface area (Å²) in [7, 11) is 0. The van der Waals surface area contributed by atoms with Gasteiger partial charge in [0.05, 0.1) is 5.92 Å². The molecule has 1 saturated heterocycles. The van der Waals surface area contributed by atoms with Gasteiger partial charge in [0.25, 0.3) is 0 Å². The molecule has 0 saturated carbocycles. The number of urea groups is 1. The Bertz CT molecular complexity index is 751. The molecule has 3 rings (SSSR count). The number of rotatable bonds is 4. The van der Waals surface area contributed by atoms with Crippen molar-refractivity contribution in [2.24, 2.45) is 5.92 Å². The van der Waals surface area contributed by atoms with E-state index in [0.717, 1.165) is 0 Å². The number of piperidine rings is 1. The maximum atomic E-state index is 12.4. The van der Waals surface area contributed by atoms with Gasteiger partial charge >= 0.3 is 12.0 Å². The van der Waals surface area contributed by atoms with Gasteiger partial charge in [-0.3, -0.25) is 4.79 Å². The fraction of sp³-hybridized carbons (Fsp3) is 0.278. The Morgan fingerprint density at radius 2 is 2.12 bits per heavy atom. The number of aliphatic carboxylic acids is 1. The molecular formula is C18H19N3O4. The van der Waals surface area contributed by atoms with Crippen molar-refractivity contribution >= 4 is 17.7 Å². The molecule has 0 spiro atoms. The summed E-state index contributed by atoms with van der Waals surface area (Å²) in [6.07, 6.45) is 2.93. The number of carboxylic acids is 1. The number of carbonyl (C=O) groups excluding carboxylic acids is 1. The van der Waals surface area contributed by atoms with Crippen molar-refractivity contribution < 1.29 is 19.4 Å². The van der Waals surface area contributed by atoms with Crippen LogP contribution in [0.1, 0.15) is 12.8 Å². The van der Waals surface area contributed by atoms with E-state index in [1.54, 1.807) is 42.6 Å². The number of ether oxygens (including phenoxy) is 1. The second kappa shape index (κ2) is 7.65. The fourth-order valence-electron chi connectivity index (χ4n) is 2.73. The summed E-state index contributed by atoms with van der Waals surface area (Å²) in [5, 5.41) is 11.9. The van der Waals surface area contributed by atoms with Gasteiger partial charge in [-0.25, -0.2) is 9.78 Å². The van der Waals surface area contributed by atoms with E-state index in [-0.39, 0.29) is 12.6 Å². The molecule has 1 fully saturated rings. The van der Waals surface area contributed by atoms with E-state index in [9.17, 15) is 9.59 Å². The van der Waals surface area contributed by atoms with Crippen molar-refractivity contribution in [3.8, 4) is 11.6 Å². The third-order valence-corrected chi connectivity index (χ3v) is 4.00. The first kappa shape index (κ1) is 16.8. The molecule has 2 aromatic rings. The number of likely N-dealkylation sites (tertiary alicyclic amines) is 1. The molecule has 1 aliphatic heterocycles. The minimum atomic E-state index is -0.858. The molecule has 0 aliphatic carbocycles. The Morgan fingerprint density at radius 1 is 1.24 bits per heavy atom. The van der Waals surface area contributed by atoms with Crippen LogP contribution in [0.5, 0.6) is 11.6 Å². The second-order valence-corrected chi connectivity index (χ2v) is 5.85. The van der Waals surface area contributed by atoms with Crippen molar-refractivity contribution in [1.82, 2.24) is 9.88 Å². The zero-order valence-corrected chi connectivity index (χ0v) is 13.6. The molecular weight excluding hydrogens is 322 g/mol. The Morgan fingerprint density at radius 3 is 2.88 bits per heavy atom. The fourth-order valence-corrected chi connectivity index (χ4v) is 2.73. The van der Waals surface area contributed by atoms with Gasteiger partial charge in [0.1, 0.15) is 5.75 Å². The van der Waals surface area contributed by atoms with Gasteiger partial charge < -0.3 is 20.1 Å². The van der Waals surface area contributed by atoms with Crippen LogP contribution in [0.2, 0.25) is 0 Å². The summed E-state index contributed by atoms with van der Waals surface area (Å²) in [6, 6.07) is 12.0. The first-order valence-electron chi connectivity index (χ1n) is 8.09. The third-order valence-electron chi connectivity index (χ3n) is 4.00. The maximum Gasteiger partial charge on any atom is 0.321 e. The number of hydrogen-bond donors (Lipinski definition) is 2. The Hall–Kier alpha value is -3.09. The summed E-state index contributed by atoms with van der Waals surface area (Å²) in [6.45, 7) is 0.783. The number of amides is 2. The van der Waals surface area contributed by atoms with E-state index in [4.69, 9.17) is 9.84 Å². The highest BCUT2D eigenvalue weighted by atomic mass is 16.5.